The monoisotopic (exact) mass is 448 g/mol. The van der Waals surface area contributed by atoms with Crippen LogP contribution in [0.4, 0.5) is 5.69 Å². The zero-order valence-corrected chi connectivity index (χ0v) is 19.0. The van der Waals surface area contributed by atoms with E-state index in [0.29, 0.717) is 17.7 Å². The molecule has 168 valence electrons. The van der Waals surface area contributed by atoms with Crippen LogP contribution in [0.5, 0.6) is 5.75 Å². The van der Waals surface area contributed by atoms with E-state index in [1.807, 2.05) is 78.3 Å². The number of carbonyl (C=O) groups is 1. The van der Waals surface area contributed by atoms with Gasteiger partial charge in [0, 0.05) is 41.6 Å². The highest BCUT2D eigenvalue weighted by atomic mass is 16.5. The summed E-state index contributed by atoms with van der Waals surface area (Å²) >= 11 is 0. The van der Waals surface area contributed by atoms with E-state index in [1.165, 1.54) is 0 Å². The molecule has 0 bridgehead atoms. The average Bonchev–Trinajstić information content (AvgIpc) is 3.31. The maximum absolute atomic E-state index is 13.2. The van der Waals surface area contributed by atoms with Crippen LogP contribution in [-0.4, -0.2) is 27.4 Å². The van der Waals surface area contributed by atoms with Crippen molar-refractivity contribution < 1.29 is 9.53 Å². The van der Waals surface area contributed by atoms with Gasteiger partial charge in [0.15, 0.2) is 0 Å². The number of pyridine rings is 2. The molecule has 3 heterocycles. The Balaban J connectivity index is 1.37. The molecule has 0 aliphatic carbocycles. The van der Waals surface area contributed by atoms with Crippen LogP contribution < -0.4 is 10.1 Å². The molecule has 0 fully saturated rings. The van der Waals surface area contributed by atoms with Gasteiger partial charge in [-0.1, -0.05) is 18.2 Å². The molecular weight excluding hydrogens is 424 g/mol. The van der Waals surface area contributed by atoms with Gasteiger partial charge >= 0.3 is 0 Å². The number of hydrogen-bond donors (Lipinski definition) is 1. The summed E-state index contributed by atoms with van der Waals surface area (Å²) in [7, 11) is 1.62. The molecule has 0 saturated heterocycles. The molecule has 0 radical (unpaired) electrons. The highest BCUT2D eigenvalue weighted by Gasteiger charge is 2.14. The minimum Gasteiger partial charge on any atom is -0.497 e. The number of methoxy groups -OCH3 is 1. The Morgan fingerprint density at radius 1 is 1.03 bits per heavy atom. The standard InChI is InChI=1S/C28H24N4O2/c1-19-4-3-15-32-18-26(31-27(19)32)21-5-7-23(8-6-21)30-28(33)25-10-9-24(34-2)17-22(25)16-20-11-13-29-14-12-20/h3-15,17-18H,16H2,1-2H3,(H,30,33). The van der Waals surface area contributed by atoms with E-state index >= 15 is 0 Å². The third kappa shape index (κ3) is 4.38. The van der Waals surface area contributed by atoms with Crippen LogP contribution in [0.15, 0.2) is 91.5 Å². The highest BCUT2D eigenvalue weighted by molar-refractivity contribution is 6.05. The number of aromatic nitrogens is 3. The molecule has 0 aliphatic heterocycles. The van der Waals surface area contributed by atoms with Crippen molar-refractivity contribution in [2.24, 2.45) is 0 Å². The summed E-state index contributed by atoms with van der Waals surface area (Å²) < 4.78 is 7.40. The molecule has 0 saturated carbocycles. The second kappa shape index (κ2) is 9.19. The smallest absolute Gasteiger partial charge is 0.255 e. The summed E-state index contributed by atoms with van der Waals surface area (Å²) in [5, 5.41) is 3.02. The Labute approximate surface area is 197 Å². The van der Waals surface area contributed by atoms with Crippen LogP contribution >= 0.6 is 0 Å². The van der Waals surface area contributed by atoms with Crippen molar-refractivity contribution in [3.8, 4) is 17.0 Å². The summed E-state index contributed by atoms with van der Waals surface area (Å²) in [5.41, 5.74) is 7.24. The van der Waals surface area contributed by atoms with Crippen molar-refractivity contribution >= 4 is 17.2 Å². The average molecular weight is 449 g/mol. The number of anilines is 1. The number of rotatable bonds is 6. The van der Waals surface area contributed by atoms with E-state index in [0.717, 1.165) is 39.3 Å². The maximum atomic E-state index is 13.2. The molecule has 6 heteroatoms. The van der Waals surface area contributed by atoms with Crippen molar-refractivity contribution in [3.63, 3.8) is 0 Å². The largest absolute Gasteiger partial charge is 0.497 e. The molecule has 0 aliphatic rings. The number of amides is 1. The second-order valence-electron chi connectivity index (χ2n) is 8.14. The number of benzene rings is 2. The molecule has 0 spiro atoms. The molecule has 0 atom stereocenters. The Morgan fingerprint density at radius 2 is 1.82 bits per heavy atom. The molecule has 1 amide bonds. The highest BCUT2D eigenvalue weighted by Crippen LogP contribution is 2.25. The van der Waals surface area contributed by atoms with E-state index in [4.69, 9.17) is 9.72 Å². The lowest BCUT2D eigenvalue weighted by Crippen LogP contribution is -2.14. The van der Waals surface area contributed by atoms with Crippen molar-refractivity contribution in [3.05, 3.63) is 114 Å². The van der Waals surface area contributed by atoms with E-state index in [2.05, 4.69) is 10.3 Å². The van der Waals surface area contributed by atoms with Gasteiger partial charge in [0.25, 0.3) is 5.91 Å². The molecule has 5 rings (SSSR count). The number of fused-ring (bicyclic) bond motifs is 1. The van der Waals surface area contributed by atoms with E-state index < -0.39 is 0 Å². The predicted molar refractivity (Wildman–Crippen MR) is 133 cm³/mol. The lowest BCUT2D eigenvalue weighted by atomic mass is 9.99. The van der Waals surface area contributed by atoms with Gasteiger partial charge in [-0.2, -0.15) is 0 Å². The second-order valence-corrected chi connectivity index (χ2v) is 8.14. The Kier molecular flexibility index (Phi) is 5.79. The minimum absolute atomic E-state index is 0.164. The maximum Gasteiger partial charge on any atom is 0.255 e. The number of aryl methyl sites for hydroxylation is 1. The van der Waals surface area contributed by atoms with E-state index in [9.17, 15) is 4.79 Å². The number of ether oxygens (including phenoxy) is 1. The summed E-state index contributed by atoms with van der Waals surface area (Å²) in [5.74, 6) is 0.551. The number of imidazole rings is 1. The Hall–Kier alpha value is -4.45. The first-order chi connectivity index (χ1) is 16.6. The molecule has 0 unspecified atom stereocenters. The van der Waals surface area contributed by atoms with Crippen LogP contribution in [0.3, 0.4) is 0 Å². The minimum atomic E-state index is -0.164. The first kappa shape index (κ1) is 21.4. The number of carbonyl (C=O) groups excluding carboxylic acids is 1. The fourth-order valence-corrected chi connectivity index (χ4v) is 4.00. The predicted octanol–water partition coefficient (Wildman–Crippen LogP) is 5.56. The molecule has 2 aromatic carbocycles. The lowest BCUT2D eigenvalue weighted by molar-refractivity contribution is 0.102. The molecule has 3 aromatic heterocycles. The zero-order valence-electron chi connectivity index (χ0n) is 19.0. The molecule has 6 nitrogen and oxygen atoms in total. The topological polar surface area (TPSA) is 68.5 Å². The number of nitrogens with one attached hydrogen (secondary N) is 1. The van der Waals surface area contributed by atoms with Crippen molar-refractivity contribution in [2.45, 2.75) is 13.3 Å². The first-order valence-electron chi connectivity index (χ1n) is 11.0. The van der Waals surface area contributed by atoms with Gasteiger partial charge in [-0.3, -0.25) is 9.78 Å². The van der Waals surface area contributed by atoms with Crippen molar-refractivity contribution in [2.75, 3.05) is 12.4 Å². The zero-order chi connectivity index (χ0) is 23.5. The molecule has 1 N–H and O–H groups in total. The van der Waals surface area contributed by atoms with Gasteiger partial charge in [-0.15, -0.1) is 0 Å². The molecule has 5 aromatic rings. The van der Waals surface area contributed by atoms with Crippen LogP contribution in [0.1, 0.15) is 27.0 Å². The lowest BCUT2D eigenvalue weighted by Gasteiger charge is -2.12. The summed E-state index contributed by atoms with van der Waals surface area (Å²) in [4.78, 5) is 22.0. The van der Waals surface area contributed by atoms with Gasteiger partial charge in [-0.05, 0) is 78.6 Å². The Morgan fingerprint density at radius 3 is 2.56 bits per heavy atom. The van der Waals surface area contributed by atoms with Gasteiger partial charge in [0.2, 0.25) is 0 Å². The van der Waals surface area contributed by atoms with Crippen LogP contribution in [0.25, 0.3) is 16.9 Å². The van der Waals surface area contributed by atoms with Crippen molar-refractivity contribution in [1.82, 2.24) is 14.4 Å². The molecule has 34 heavy (non-hydrogen) atoms. The third-order valence-corrected chi connectivity index (χ3v) is 5.82. The van der Waals surface area contributed by atoms with Crippen molar-refractivity contribution in [1.29, 1.82) is 0 Å². The summed E-state index contributed by atoms with van der Waals surface area (Å²) in [6, 6.07) is 21.2. The quantitative estimate of drug-likeness (QED) is 0.369. The first-order valence-corrected chi connectivity index (χ1v) is 11.0. The normalized spacial score (nSPS) is 10.9. The number of nitrogens with zero attached hydrogens (tertiary/aromatic N) is 3. The number of hydrogen-bond acceptors (Lipinski definition) is 4. The van der Waals surface area contributed by atoms with Crippen LogP contribution in [-0.2, 0) is 6.42 Å². The summed E-state index contributed by atoms with van der Waals surface area (Å²) in [6.07, 6.45) is 8.11. The summed E-state index contributed by atoms with van der Waals surface area (Å²) in [6.45, 7) is 2.05. The Bertz CT molecular complexity index is 1460. The van der Waals surface area contributed by atoms with Crippen LogP contribution in [0, 0.1) is 6.92 Å². The van der Waals surface area contributed by atoms with Gasteiger partial charge < -0.3 is 14.5 Å². The molecular formula is C28H24N4O2. The van der Waals surface area contributed by atoms with Crippen LogP contribution in [0.2, 0.25) is 0 Å². The van der Waals surface area contributed by atoms with E-state index in [-0.39, 0.29) is 5.91 Å². The fourth-order valence-electron chi connectivity index (χ4n) is 4.00. The van der Waals surface area contributed by atoms with E-state index in [1.54, 1.807) is 31.6 Å². The SMILES string of the molecule is COc1ccc(C(=O)Nc2ccc(-c3cn4cccc(C)c4n3)cc2)c(Cc2ccncc2)c1. The third-order valence-electron chi connectivity index (χ3n) is 5.82. The van der Waals surface area contributed by atoms with Gasteiger partial charge in [-0.25, -0.2) is 4.98 Å². The fraction of sp³-hybridized carbons (Fsp3) is 0.107. The van der Waals surface area contributed by atoms with Gasteiger partial charge in [0.1, 0.15) is 11.4 Å². The van der Waals surface area contributed by atoms with Gasteiger partial charge in [0.05, 0.1) is 12.8 Å².